The van der Waals surface area contributed by atoms with Crippen molar-refractivity contribution in [2.45, 2.75) is 38.6 Å². The number of carbonyl (C=O) groups excluding carboxylic acids is 1. The second-order valence-electron chi connectivity index (χ2n) is 3.78. The van der Waals surface area contributed by atoms with Gasteiger partial charge < -0.3 is 9.64 Å². The predicted octanol–water partition coefficient (Wildman–Crippen LogP) is 1.94. The van der Waals surface area contributed by atoms with Crippen LogP contribution in [0.3, 0.4) is 0 Å². The molecule has 1 saturated heterocycles. The first-order valence-corrected chi connectivity index (χ1v) is 5.26. The SMILES string of the molecule is COC(=O)/C=C/N1CCCCCC1C. The molecule has 0 aromatic rings. The van der Waals surface area contributed by atoms with Crippen molar-refractivity contribution in [3.63, 3.8) is 0 Å². The molecule has 1 heterocycles. The summed E-state index contributed by atoms with van der Waals surface area (Å²) in [5.41, 5.74) is 0. The Balaban J connectivity index is 2.47. The van der Waals surface area contributed by atoms with Crippen LogP contribution in [-0.4, -0.2) is 30.6 Å². The van der Waals surface area contributed by atoms with Gasteiger partial charge in [-0.05, 0) is 19.8 Å². The van der Waals surface area contributed by atoms with Gasteiger partial charge in [-0.3, -0.25) is 0 Å². The molecule has 0 aliphatic carbocycles. The largest absolute Gasteiger partial charge is 0.466 e. The van der Waals surface area contributed by atoms with Crippen molar-refractivity contribution in [1.82, 2.24) is 4.90 Å². The van der Waals surface area contributed by atoms with Gasteiger partial charge in [0.2, 0.25) is 0 Å². The third-order valence-electron chi connectivity index (χ3n) is 2.71. The molecule has 0 aromatic carbocycles. The average Bonchev–Trinajstić information content (AvgIpc) is 2.39. The smallest absolute Gasteiger partial charge is 0.331 e. The second kappa shape index (κ2) is 5.68. The van der Waals surface area contributed by atoms with E-state index in [4.69, 9.17) is 0 Å². The Hall–Kier alpha value is -0.990. The Morgan fingerprint density at radius 3 is 2.93 bits per heavy atom. The van der Waals surface area contributed by atoms with Crippen LogP contribution in [0, 0.1) is 0 Å². The van der Waals surface area contributed by atoms with Crippen LogP contribution in [0.5, 0.6) is 0 Å². The molecule has 1 rings (SSSR count). The summed E-state index contributed by atoms with van der Waals surface area (Å²) in [6.07, 6.45) is 8.39. The second-order valence-corrected chi connectivity index (χ2v) is 3.78. The molecule has 0 aromatic heterocycles. The van der Waals surface area contributed by atoms with E-state index < -0.39 is 0 Å². The van der Waals surface area contributed by atoms with E-state index in [-0.39, 0.29) is 5.97 Å². The van der Waals surface area contributed by atoms with Crippen molar-refractivity contribution in [2.24, 2.45) is 0 Å². The molecule has 0 spiro atoms. The maximum atomic E-state index is 10.9. The zero-order valence-corrected chi connectivity index (χ0v) is 9.03. The molecule has 1 aliphatic heterocycles. The minimum absolute atomic E-state index is 0.276. The van der Waals surface area contributed by atoms with Crippen molar-refractivity contribution in [2.75, 3.05) is 13.7 Å². The van der Waals surface area contributed by atoms with Gasteiger partial charge in [0.1, 0.15) is 0 Å². The first-order valence-electron chi connectivity index (χ1n) is 5.26. The molecular formula is C11H19NO2. The number of methoxy groups -OCH3 is 1. The van der Waals surface area contributed by atoms with Crippen LogP contribution in [0.1, 0.15) is 32.6 Å². The number of ether oxygens (including phenoxy) is 1. The summed E-state index contributed by atoms with van der Waals surface area (Å²) in [7, 11) is 1.40. The number of hydrogen-bond donors (Lipinski definition) is 0. The molecule has 0 amide bonds. The lowest BCUT2D eigenvalue weighted by atomic mass is 10.1. The summed E-state index contributed by atoms with van der Waals surface area (Å²) >= 11 is 0. The van der Waals surface area contributed by atoms with E-state index in [2.05, 4.69) is 16.6 Å². The van der Waals surface area contributed by atoms with Crippen molar-refractivity contribution in [3.8, 4) is 0 Å². The van der Waals surface area contributed by atoms with Gasteiger partial charge >= 0.3 is 5.97 Å². The quantitative estimate of drug-likeness (QED) is 0.500. The summed E-state index contributed by atoms with van der Waals surface area (Å²) in [5, 5.41) is 0. The van der Waals surface area contributed by atoms with Crippen molar-refractivity contribution < 1.29 is 9.53 Å². The standard InChI is InChI=1S/C11H19NO2/c1-10-6-4-3-5-8-12(10)9-7-11(13)14-2/h7,9-10H,3-6,8H2,1-2H3/b9-7+. The fourth-order valence-electron chi connectivity index (χ4n) is 1.74. The Labute approximate surface area is 85.7 Å². The fourth-order valence-corrected chi connectivity index (χ4v) is 1.74. The summed E-state index contributed by atoms with van der Waals surface area (Å²) in [6.45, 7) is 3.25. The molecule has 14 heavy (non-hydrogen) atoms. The van der Waals surface area contributed by atoms with Gasteiger partial charge in [-0.1, -0.05) is 12.8 Å². The van der Waals surface area contributed by atoms with Crippen LogP contribution in [0.15, 0.2) is 12.3 Å². The highest BCUT2D eigenvalue weighted by Crippen LogP contribution is 2.16. The minimum atomic E-state index is -0.276. The topological polar surface area (TPSA) is 29.5 Å². The van der Waals surface area contributed by atoms with E-state index in [0.717, 1.165) is 6.54 Å². The van der Waals surface area contributed by atoms with Crippen LogP contribution >= 0.6 is 0 Å². The van der Waals surface area contributed by atoms with Crippen LogP contribution in [-0.2, 0) is 9.53 Å². The summed E-state index contributed by atoms with van der Waals surface area (Å²) < 4.78 is 4.56. The molecular weight excluding hydrogens is 178 g/mol. The van der Waals surface area contributed by atoms with Crippen LogP contribution < -0.4 is 0 Å². The molecule has 80 valence electrons. The van der Waals surface area contributed by atoms with Gasteiger partial charge in [-0.15, -0.1) is 0 Å². The molecule has 0 radical (unpaired) electrons. The zero-order chi connectivity index (χ0) is 10.4. The highest BCUT2D eigenvalue weighted by atomic mass is 16.5. The van der Waals surface area contributed by atoms with Crippen LogP contribution in [0.4, 0.5) is 0 Å². The maximum Gasteiger partial charge on any atom is 0.331 e. The maximum absolute atomic E-state index is 10.9. The van der Waals surface area contributed by atoms with E-state index in [0.29, 0.717) is 6.04 Å². The van der Waals surface area contributed by atoms with E-state index >= 15 is 0 Å². The Morgan fingerprint density at radius 2 is 2.21 bits per heavy atom. The van der Waals surface area contributed by atoms with Gasteiger partial charge in [-0.2, -0.15) is 0 Å². The summed E-state index contributed by atoms with van der Waals surface area (Å²) in [6, 6.07) is 0.540. The number of carbonyl (C=O) groups is 1. The van der Waals surface area contributed by atoms with Gasteiger partial charge in [0, 0.05) is 24.9 Å². The first-order chi connectivity index (χ1) is 6.74. The fraction of sp³-hybridized carbons (Fsp3) is 0.727. The molecule has 1 unspecified atom stereocenters. The van der Waals surface area contributed by atoms with E-state index in [9.17, 15) is 4.79 Å². The number of hydrogen-bond acceptors (Lipinski definition) is 3. The van der Waals surface area contributed by atoms with Crippen LogP contribution in [0.25, 0.3) is 0 Å². The Bertz CT molecular complexity index is 213. The molecule has 1 atom stereocenters. The number of rotatable bonds is 2. The van der Waals surface area contributed by atoms with E-state index in [1.54, 1.807) is 0 Å². The summed E-state index contributed by atoms with van der Waals surface area (Å²) in [4.78, 5) is 13.1. The molecule has 1 aliphatic rings. The number of esters is 1. The van der Waals surface area contributed by atoms with Crippen molar-refractivity contribution in [1.29, 1.82) is 0 Å². The Morgan fingerprint density at radius 1 is 1.43 bits per heavy atom. The van der Waals surface area contributed by atoms with E-state index in [1.807, 2.05) is 6.20 Å². The highest BCUT2D eigenvalue weighted by molar-refractivity contribution is 5.81. The third-order valence-corrected chi connectivity index (χ3v) is 2.71. The number of likely N-dealkylation sites (tertiary alicyclic amines) is 1. The van der Waals surface area contributed by atoms with E-state index in [1.165, 1.54) is 38.9 Å². The lowest BCUT2D eigenvalue weighted by molar-refractivity contribution is -0.134. The molecule has 0 saturated carbocycles. The lowest BCUT2D eigenvalue weighted by Crippen LogP contribution is -2.27. The van der Waals surface area contributed by atoms with Crippen molar-refractivity contribution in [3.05, 3.63) is 12.3 Å². The van der Waals surface area contributed by atoms with Gasteiger partial charge in [0.25, 0.3) is 0 Å². The normalized spacial score (nSPS) is 23.6. The van der Waals surface area contributed by atoms with Crippen LogP contribution in [0.2, 0.25) is 0 Å². The zero-order valence-electron chi connectivity index (χ0n) is 9.03. The molecule has 1 fully saturated rings. The number of nitrogens with zero attached hydrogens (tertiary/aromatic N) is 1. The van der Waals surface area contributed by atoms with Crippen molar-refractivity contribution >= 4 is 5.97 Å². The minimum Gasteiger partial charge on any atom is -0.466 e. The molecule has 3 nitrogen and oxygen atoms in total. The van der Waals surface area contributed by atoms with Gasteiger partial charge in [0.05, 0.1) is 7.11 Å². The monoisotopic (exact) mass is 197 g/mol. The Kier molecular flexibility index (Phi) is 4.50. The lowest BCUT2D eigenvalue weighted by Gasteiger charge is -2.24. The first kappa shape index (κ1) is 11.1. The van der Waals surface area contributed by atoms with Gasteiger partial charge in [-0.25, -0.2) is 4.79 Å². The predicted molar refractivity (Wildman–Crippen MR) is 55.8 cm³/mol. The highest BCUT2D eigenvalue weighted by Gasteiger charge is 2.13. The molecule has 0 bridgehead atoms. The molecule has 3 heteroatoms. The average molecular weight is 197 g/mol. The molecule has 0 N–H and O–H groups in total. The third kappa shape index (κ3) is 3.40. The van der Waals surface area contributed by atoms with Gasteiger partial charge in [0.15, 0.2) is 0 Å². The summed E-state index contributed by atoms with van der Waals surface area (Å²) in [5.74, 6) is -0.276.